The molecule has 0 bridgehead atoms. The maximum absolute atomic E-state index is 14.0. The highest BCUT2D eigenvalue weighted by atomic mass is 19.4. The van der Waals surface area contributed by atoms with Crippen molar-refractivity contribution in [3.63, 3.8) is 0 Å². The maximum atomic E-state index is 14.0. The summed E-state index contributed by atoms with van der Waals surface area (Å²) in [5.74, 6) is -1.60. The predicted octanol–water partition coefficient (Wildman–Crippen LogP) is 5.42. The van der Waals surface area contributed by atoms with Crippen molar-refractivity contribution in [3.8, 4) is 17.2 Å². The van der Waals surface area contributed by atoms with Gasteiger partial charge in [-0.15, -0.1) is 0 Å². The van der Waals surface area contributed by atoms with E-state index in [4.69, 9.17) is 13.9 Å². The lowest BCUT2D eigenvalue weighted by Gasteiger charge is -2.18. The quantitative estimate of drug-likeness (QED) is 0.424. The topological polar surface area (TPSA) is 81.8 Å². The van der Waals surface area contributed by atoms with Gasteiger partial charge in [0.2, 0.25) is 5.89 Å². The SMILES string of the molecule is CCO[C@@H](Cc1ccc(OCc2nc(-c3ccccc3F)oc2C)cc1C(F)(F)F)C(=O)O. The van der Waals surface area contributed by atoms with Crippen LogP contribution in [0, 0.1) is 12.7 Å². The van der Waals surface area contributed by atoms with E-state index < -0.39 is 36.1 Å². The monoisotopic (exact) mass is 467 g/mol. The smallest absolute Gasteiger partial charge is 0.416 e. The lowest BCUT2D eigenvalue weighted by atomic mass is 10.0. The summed E-state index contributed by atoms with van der Waals surface area (Å²) in [5, 5.41) is 9.18. The van der Waals surface area contributed by atoms with Crippen molar-refractivity contribution in [2.75, 3.05) is 6.61 Å². The molecule has 0 radical (unpaired) electrons. The first-order chi connectivity index (χ1) is 15.6. The first-order valence-electron chi connectivity index (χ1n) is 9.98. The third-order valence-corrected chi connectivity index (χ3v) is 4.81. The molecule has 0 aliphatic heterocycles. The molecule has 33 heavy (non-hydrogen) atoms. The van der Waals surface area contributed by atoms with E-state index in [-0.39, 0.29) is 36.0 Å². The van der Waals surface area contributed by atoms with Crippen LogP contribution >= 0.6 is 0 Å². The highest BCUT2D eigenvalue weighted by Gasteiger charge is 2.35. The lowest BCUT2D eigenvalue weighted by Crippen LogP contribution is -2.27. The molecular formula is C23H21F4NO5. The molecule has 6 nitrogen and oxygen atoms in total. The number of carboxylic acid groups (broad SMARTS) is 1. The van der Waals surface area contributed by atoms with Gasteiger partial charge in [-0.25, -0.2) is 14.2 Å². The van der Waals surface area contributed by atoms with Crippen LogP contribution in [0.5, 0.6) is 5.75 Å². The second-order valence-corrected chi connectivity index (χ2v) is 7.09. The van der Waals surface area contributed by atoms with E-state index in [2.05, 4.69) is 4.98 Å². The van der Waals surface area contributed by atoms with Gasteiger partial charge in [-0.2, -0.15) is 13.2 Å². The molecule has 0 unspecified atom stereocenters. The first kappa shape index (κ1) is 24.2. The Kier molecular flexibility index (Phi) is 7.37. The molecule has 1 N–H and O–H groups in total. The van der Waals surface area contributed by atoms with Crippen molar-refractivity contribution in [3.05, 3.63) is 70.9 Å². The predicted molar refractivity (Wildman–Crippen MR) is 109 cm³/mol. The summed E-state index contributed by atoms with van der Waals surface area (Å²) in [6, 6.07) is 9.16. The highest BCUT2D eigenvalue weighted by molar-refractivity contribution is 5.73. The normalized spacial score (nSPS) is 12.5. The van der Waals surface area contributed by atoms with Gasteiger partial charge in [-0.05, 0) is 43.7 Å². The Morgan fingerprint density at radius 1 is 1.21 bits per heavy atom. The summed E-state index contributed by atoms with van der Waals surface area (Å²) in [7, 11) is 0. The van der Waals surface area contributed by atoms with E-state index in [1.165, 1.54) is 24.3 Å². The number of halogens is 4. The molecule has 0 aliphatic carbocycles. The number of benzene rings is 2. The summed E-state index contributed by atoms with van der Waals surface area (Å²) in [5.41, 5.74) is -0.795. The minimum Gasteiger partial charge on any atom is -0.487 e. The molecule has 3 rings (SSSR count). The Bertz CT molecular complexity index is 1130. The average molecular weight is 467 g/mol. The van der Waals surface area contributed by atoms with Crippen LogP contribution in [0.25, 0.3) is 11.5 Å². The fourth-order valence-corrected chi connectivity index (χ4v) is 3.17. The Morgan fingerprint density at radius 3 is 2.58 bits per heavy atom. The van der Waals surface area contributed by atoms with Crippen molar-refractivity contribution >= 4 is 5.97 Å². The fraction of sp³-hybridized carbons (Fsp3) is 0.304. The standard InChI is InChI=1S/C23H21F4NO5/c1-3-31-20(22(29)30)10-14-8-9-15(11-17(14)23(25,26)27)32-12-19-13(2)33-21(28-19)16-6-4-5-7-18(16)24/h4-9,11,20H,3,10,12H2,1-2H3,(H,29,30)/t20-/m0/s1. The second-order valence-electron chi connectivity index (χ2n) is 7.09. The molecule has 1 atom stereocenters. The molecule has 0 aliphatic rings. The number of ether oxygens (including phenoxy) is 2. The molecule has 2 aromatic carbocycles. The Balaban J connectivity index is 1.81. The van der Waals surface area contributed by atoms with Crippen LogP contribution in [-0.2, 0) is 28.7 Å². The minimum absolute atomic E-state index is 0.0335. The van der Waals surface area contributed by atoms with Crippen LogP contribution in [0.15, 0.2) is 46.9 Å². The van der Waals surface area contributed by atoms with Gasteiger partial charge in [0.05, 0.1) is 11.1 Å². The third-order valence-electron chi connectivity index (χ3n) is 4.81. The largest absolute Gasteiger partial charge is 0.487 e. The van der Waals surface area contributed by atoms with Gasteiger partial charge in [0.25, 0.3) is 0 Å². The van der Waals surface area contributed by atoms with Crippen molar-refractivity contribution in [1.82, 2.24) is 4.98 Å². The highest BCUT2D eigenvalue weighted by Crippen LogP contribution is 2.35. The van der Waals surface area contributed by atoms with E-state index in [1.54, 1.807) is 19.9 Å². The number of alkyl halides is 3. The Hall–Kier alpha value is -3.40. The molecule has 1 aromatic heterocycles. The molecule has 176 valence electrons. The average Bonchev–Trinajstić information content (AvgIpc) is 3.12. The number of rotatable bonds is 9. The van der Waals surface area contributed by atoms with Gasteiger partial charge in [0, 0.05) is 13.0 Å². The molecule has 0 spiro atoms. The third kappa shape index (κ3) is 5.89. The number of oxazole rings is 1. The zero-order chi connectivity index (χ0) is 24.2. The lowest BCUT2D eigenvalue weighted by molar-refractivity contribution is -0.150. The summed E-state index contributed by atoms with van der Waals surface area (Å²) < 4.78 is 70.8. The zero-order valence-corrected chi connectivity index (χ0v) is 17.8. The van der Waals surface area contributed by atoms with Crippen LogP contribution in [-0.4, -0.2) is 28.8 Å². The number of aliphatic carboxylic acids is 1. The second kappa shape index (κ2) is 10.0. The summed E-state index contributed by atoms with van der Waals surface area (Å²) in [4.78, 5) is 15.5. The number of aryl methyl sites for hydroxylation is 1. The molecular weight excluding hydrogens is 446 g/mol. The maximum Gasteiger partial charge on any atom is 0.416 e. The molecule has 1 heterocycles. The Labute approximate surface area is 186 Å². The summed E-state index contributed by atoms with van der Waals surface area (Å²) in [6.07, 6.45) is -6.59. The van der Waals surface area contributed by atoms with Crippen LogP contribution in [0.1, 0.15) is 29.5 Å². The van der Waals surface area contributed by atoms with E-state index in [0.717, 1.165) is 12.1 Å². The number of carboxylic acids is 1. The van der Waals surface area contributed by atoms with Gasteiger partial charge >= 0.3 is 12.1 Å². The molecule has 0 saturated carbocycles. The first-order valence-corrected chi connectivity index (χ1v) is 9.98. The van der Waals surface area contributed by atoms with Gasteiger partial charge in [-0.3, -0.25) is 0 Å². The molecule has 0 fully saturated rings. The molecule has 10 heteroatoms. The van der Waals surface area contributed by atoms with E-state index in [9.17, 15) is 27.5 Å². The van der Waals surface area contributed by atoms with Crippen LogP contribution in [0.3, 0.4) is 0 Å². The number of nitrogens with zero attached hydrogens (tertiary/aromatic N) is 1. The van der Waals surface area contributed by atoms with Crippen molar-refractivity contribution < 1.29 is 41.4 Å². The van der Waals surface area contributed by atoms with Gasteiger partial charge in [0.1, 0.15) is 29.6 Å². The van der Waals surface area contributed by atoms with Crippen LogP contribution in [0.2, 0.25) is 0 Å². The molecule has 3 aromatic rings. The summed E-state index contributed by atoms with van der Waals surface area (Å²) >= 11 is 0. The van der Waals surface area contributed by atoms with Crippen molar-refractivity contribution in [2.45, 2.75) is 39.2 Å². The zero-order valence-electron chi connectivity index (χ0n) is 17.8. The van der Waals surface area contributed by atoms with E-state index >= 15 is 0 Å². The van der Waals surface area contributed by atoms with Gasteiger partial charge in [0.15, 0.2) is 6.10 Å². The number of aromatic nitrogens is 1. The van der Waals surface area contributed by atoms with Crippen molar-refractivity contribution in [2.24, 2.45) is 0 Å². The number of hydrogen-bond donors (Lipinski definition) is 1. The van der Waals surface area contributed by atoms with Crippen LogP contribution in [0.4, 0.5) is 17.6 Å². The van der Waals surface area contributed by atoms with Crippen molar-refractivity contribution in [1.29, 1.82) is 0 Å². The van der Waals surface area contributed by atoms with E-state index in [1.807, 2.05) is 0 Å². The van der Waals surface area contributed by atoms with Gasteiger partial charge in [-0.1, -0.05) is 18.2 Å². The summed E-state index contributed by atoms with van der Waals surface area (Å²) in [6.45, 7) is 2.98. The van der Waals surface area contributed by atoms with E-state index in [0.29, 0.717) is 11.5 Å². The van der Waals surface area contributed by atoms with Crippen LogP contribution < -0.4 is 4.74 Å². The number of hydrogen-bond acceptors (Lipinski definition) is 5. The minimum atomic E-state index is -4.73. The fourth-order valence-electron chi connectivity index (χ4n) is 3.17. The van der Waals surface area contributed by atoms with Gasteiger partial charge < -0.3 is 19.0 Å². The molecule has 0 amide bonds. The Morgan fingerprint density at radius 2 is 1.94 bits per heavy atom. The molecule has 0 saturated heterocycles. The number of carbonyl (C=O) groups is 1.